The minimum absolute atomic E-state index is 0.263. The molecule has 0 amide bonds. The third-order valence-corrected chi connectivity index (χ3v) is 3.51. The van der Waals surface area contributed by atoms with Crippen LogP contribution >= 0.6 is 0 Å². The summed E-state index contributed by atoms with van der Waals surface area (Å²) in [5, 5.41) is 8.93. The zero-order valence-corrected chi connectivity index (χ0v) is 12.1. The van der Waals surface area contributed by atoms with Crippen LogP contribution in [0.25, 0.3) is 0 Å². The van der Waals surface area contributed by atoms with Crippen LogP contribution in [0.3, 0.4) is 0 Å². The summed E-state index contributed by atoms with van der Waals surface area (Å²) >= 11 is 0. The largest absolute Gasteiger partial charge is 0.478 e. The van der Waals surface area contributed by atoms with E-state index in [1.54, 1.807) is 38.5 Å². The fourth-order valence-electron chi connectivity index (χ4n) is 2.29. The Morgan fingerprint density at radius 1 is 1.00 bits per heavy atom. The molecule has 0 saturated carbocycles. The molecular weight excluding hydrogens is 268 g/mol. The SMILES string of the molecule is COC(Cc1ccc(C(=O)O)cc1)(OC)c1ccccc1. The van der Waals surface area contributed by atoms with E-state index in [1.165, 1.54) is 0 Å². The van der Waals surface area contributed by atoms with Gasteiger partial charge in [-0.05, 0) is 17.7 Å². The normalized spacial score (nSPS) is 11.3. The van der Waals surface area contributed by atoms with Crippen molar-refractivity contribution < 1.29 is 19.4 Å². The monoisotopic (exact) mass is 286 g/mol. The first kappa shape index (κ1) is 15.2. The molecule has 1 N–H and O–H groups in total. The lowest BCUT2D eigenvalue weighted by Crippen LogP contribution is -2.33. The zero-order chi connectivity index (χ0) is 15.3. The van der Waals surface area contributed by atoms with Crippen LogP contribution in [0, 0.1) is 0 Å². The molecular formula is C17H18O4. The van der Waals surface area contributed by atoms with Crippen molar-refractivity contribution in [2.24, 2.45) is 0 Å². The Morgan fingerprint density at radius 3 is 2.05 bits per heavy atom. The van der Waals surface area contributed by atoms with Crippen LogP contribution in [0.2, 0.25) is 0 Å². The number of carboxylic acid groups (broad SMARTS) is 1. The minimum Gasteiger partial charge on any atom is -0.478 e. The van der Waals surface area contributed by atoms with Crippen LogP contribution < -0.4 is 0 Å². The second-order valence-electron chi connectivity index (χ2n) is 4.71. The van der Waals surface area contributed by atoms with E-state index in [9.17, 15) is 4.79 Å². The molecule has 0 saturated heterocycles. The zero-order valence-electron chi connectivity index (χ0n) is 12.1. The Balaban J connectivity index is 2.30. The number of aromatic carboxylic acids is 1. The molecule has 0 unspecified atom stereocenters. The predicted octanol–water partition coefficient (Wildman–Crippen LogP) is 3.07. The second kappa shape index (κ2) is 6.52. The molecule has 0 heterocycles. The summed E-state index contributed by atoms with van der Waals surface area (Å²) in [5.41, 5.74) is 2.11. The summed E-state index contributed by atoms with van der Waals surface area (Å²) in [6.45, 7) is 0. The Morgan fingerprint density at radius 2 is 1.57 bits per heavy atom. The van der Waals surface area contributed by atoms with E-state index in [1.807, 2.05) is 30.3 Å². The average molecular weight is 286 g/mol. The van der Waals surface area contributed by atoms with Crippen molar-refractivity contribution in [1.82, 2.24) is 0 Å². The maximum atomic E-state index is 10.9. The molecule has 110 valence electrons. The molecule has 0 aromatic heterocycles. The molecule has 21 heavy (non-hydrogen) atoms. The second-order valence-corrected chi connectivity index (χ2v) is 4.71. The van der Waals surface area contributed by atoms with Gasteiger partial charge in [-0.25, -0.2) is 4.79 Å². The van der Waals surface area contributed by atoms with Crippen molar-refractivity contribution in [3.8, 4) is 0 Å². The third-order valence-electron chi connectivity index (χ3n) is 3.51. The maximum absolute atomic E-state index is 10.9. The number of benzene rings is 2. The van der Waals surface area contributed by atoms with Gasteiger partial charge < -0.3 is 14.6 Å². The van der Waals surface area contributed by atoms with Crippen LogP contribution in [0.1, 0.15) is 21.5 Å². The first-order valence-corrected chi connectivity index (χ1v) is 6.59. The summed E-state index contributed by atoms with van der Waals surface area (Å²) in [6, 6.07) is 16.4. The summed E-state index contributed by atoms with van der Waals surface area (Å²) in [7, 11) is 3.20. The summed E-state index contributed by atoms with van der Waals surface area (Å²) in [4.78, 5) is 10.9. The third kappa shape index (κ3) is 3.29. The van der Waals surface area contributed by atoms with E-state index in [0.717, 1.165) is 11.1 Å². The van der Waals surface area contributed by atoms with Gasteiger partial charge in [-0.2, -0.15) is 0 Å². The van der Waals surface area contributed by atoms with E-state index in [0.29, 0.717) is 6.42 Å². The number of carbonyl (C=O) groups is 1. The summed E-state index contributed by atoms with van der Waals surface area (Å²) in [5.74, 6) is -1.82. The molecule has 2 aromatic rings. The average Bonchev–Trinajstić information content (AvgIpc) is 2.54. The molecule has 0 fully saturated rings. The lowest BCUT2D eigenvalue weighted by molar-refractivity contribution is -0.215. The first-order valence-electron chi connectivity index (χ1n) is 6.59. The number of rotatable bonds is 6. The van der Waals surface area contributed by atoms with Crippen molar-refractivity contribution in [2.75, 3.05) is 14.2 Å². The smallest absolute Gasteiger partial charge is 0.335 e. The van der Waals surface area contributed by atoms with Crippen molar-refractivity contribution in [3.05, 3.63) is 71.3 Å². The fourth-order valence-corrected chi connectivity index (χ4v) is 2.29. The number of hydrogen-bond donors (Lipinski definition) is 1. The highest BCUT2D eigenvalue weighted by atomic mass is 16.7. The molecule has 0 aliphatic heterocycles. The lowest BCUT2D eigenvalue weighted by atomic mass is 9.96. The molecule has 0 radical (unpaired) electrons. The quantitative estimate of drug-likeness (QED) is 0.829. The standard InChI is InChI=1S/C17H18O4/c1-20-17(21-2,15-6-4-3-5-7-15)12-13-8-10-14(11-9-13)16(18)19/h3-11H,12H2,1-2H3,(H,18,19). The van der Waals surface area contributed by atoms with Gasteiger partial charge in [0.2, 0.25) is 0 Å². The Kier molecular flexibility index (Phi) is 4.73. The van der Waals surface area contributed by atoms with Gasteiger partial charge >= 0.3 is 5.97 Å². The van der Waals surface area contributed by atoms with E-state index < -0.39 is 11.8 Å². The summed E-state index contributed by atoms with van der Waals surface area (Å²) < 4.78 is 11.2. The number of ether oxygens (including phenoxy) is 2. The van der Waals surface area contributed by atoms with Gasteiger partial charge in [-0.3, -0.25) is 0 Å². The molecule has 0 atom stereocenters. The Hall–Kier alpha value is -2.17. The van der Waals surface area contributed by atoms with Crippen molar-refractivity contribution in [2.45, 2.75) is 12.2 Å². The van der Waals surface area contributed by atoms with Gasteiger partial charge in [0.25, 0.3) is 0 Å². The van der Waals surface area contributed by atoms with Crippen LogP contribution in [0.5, 0.6) is 0 Å². The molecule has 0 aliphatic rings. The van der Waals surface area contributed by atoms with E-state index >= 15 is 0 Å². The molecule has 4 nitrogen and oxygen atoms in total. The molecule has 4 heteroatoms. The Bertz CT molecular complexity index is 586. The highest BCUT2D eigenvalue weighted by Crippen LogP contribution is 2.30. The lowest BCUT2D eigenvalue weighted by Gasteiger charge is -2.31. The van der Waals surface area contributed by atoms with Gasteiger partial charge in [-0.15, -0.1) is 0 Å². The van der Waals surface area contributed by atoms with Gasteiger partial charge in [0.15, 0.2) is 5.79 Å². The van der Waals surface area contributed by atoms with Crippen LogP contribution in [0.4, 0.5) is 0 Å². The van der Waals surface area contributed by atoms with Crippen LogP contribution in [-0.2, 0) is 21.7 Å². The predicted molar refractivity (Wildman–Crippen MR) is 79.2 cm³/mol. The van der Waals surface area contributed by atoms with Crippen LogP contribution in [-0.4, -0.2) is 25.3 Å². The summed E-state index contributed by atoms with van der Waals surface area (Å²) in [6.07, 6.45) is 0.490. The number of carboxylic acids is 1. The minimum atomic E-state index is -0.936. The van der Waals surface area contributed by atoms with Crippen LogP contribution in [0.15, 0.2) is 54.6 Å². The highest BCUT2D eigenvalue weighted by molar-refractivity contribution is 5.87. The van der Waals surface area contributed by atoms with E-state index in [4.69, 9.17) is 14.6 Å². The molecule has 0 spiro atoms. The van der Waals surface area contributed by atoms with Gasteiger partial charge in [-0.1, -0.05) is 42.5 Å². The molecule has 2 rings (SSSR count). The molecule has 0 bridgehead atoms. The van der Waals surface area contributed by atoms with E-state index in [-0.39, 0.29) is 5.56 Å². The van der Waals surface area contributed by atoms with Gasteiger partial charge in [0.05, 0.1) is 5.56 Å². The van der Waals surface area contributed by atoms with Crippen molar-refractivity contribution >= 4 is 5.97 Å². The van der Waals surface area contributed by atoms with Gasteiger partial charge in [0.1, 0.15) is 0 Å². The Labute approximate surface area is 123 Å². The molecule has 2 aromatic carbocycles. The van der Waals surface area contributed by atoms with E-state index in [2.05, 4.69) is 0 Å². The topological polar surface area (TPSA) is 55.8 Å². The van der Waals surface area contributed by atoms with Crippen molar-refractivity contribution in [1.29, 1.82) is 0 Å². The maximum Gasteiger partial charge on any atom is 0.335 e. The highest BCUT2D eigenvalue weighted by Gasteiger charge is 2.32. The van der Waals surface area contributed by atoms with Gasteiger partial charge in [0, 0.05) is 26.2 Å². The number of hydrogen-bond acceptors (Lipinski definition) is 3. The van der Waals surface area contributed by atoms with Crippen molar-refractivity contribution in [3.63, 3.8) is 0 Å². The fraction of sp³-hybridized carbons (Fsp3) is 0.235. The first-order chi connectivity index (χ1) is 10.1. The number of methoxy groups -OCH3 is 2. The molecule has 0 aliphatic carbocycles.